The molecule has 0 rings (SSSR count). The van der Waals surface area contributed by atoms with Gasteiger partial charge in [0.25, 0.3) is 0 Å². The number of halogens is 4. The van der Waals surface area contributed by atoms with E-state index in [1.54, 1.807) is 19.9 Å². The van der Waals surface area contributed by atoms with E-state index in [2.05, 4.69) is 11.3 Å². The van der Waals surface area contributed by atoms with E-state index in [1.807, 2.05) is 0 Å². The van der Waals surface area contributed by atoms with Crippen LogP contribution in [-0.2, 0) is 4.74 Å². The summed E-state index contributed by atoms with van der Waals surface area (Å²) in [7, 11) is 0. The van der Waals surface area contributed by atoms with E-state index in [-0.39, 0.29) is 5.76 Å². The van der Waals surface area contributed by atoms with Crippen LogP contribution in [0.5, 0.6) is 0 Å². The van der Waals surface area contributed by atoms with Gasteiger partial charge < -0.3 is 4.74 Å². The zero-order chi connectivity index (χ0) is 12.8. The first kappa shape index (κ1) is 14.7. The van der Waals surface area contributed by atoms with Crippen LogP contribution in [0.3, 0.4) is 0 Å². The van der Waals surface area contributed by atoms with Crippen LogP contribution in [-0.4, -0.2) is 19.0 Å². The second kappa shape index (κ2) is 6.35. The lowest BCUT2D eigenvalue weighted by Gasteiger charge is -2.17. The normalized spacial score (nSPS) is 14.2. The second-order valence-corrected chi connectivity index (χ2v) is 3.10. The van der Waals surface area contributed by atoms with Crippen molar-refractivity contribution >= 4 is 0 Å². The Balaban J connectivity index is 4.64. The van der Waals surface area contributed by atoms with Gasteiger partial charge in [-0.15, -0.1) is 0 Å². The Morgan fingerprint density at radius 1 is 1.44 bits per heavy atom. The Bertz CT molecular complexity index is 292. The minimum atomic E-state index is -4.14. The summed E-state index contributed by atoms with van der Waals surface area (Å²) in [6, 6.07) is 0. The number of hydrogen-bond donors (Lipinski definition) is 0. The minimum Gasteiger partial charge on any atom is -0.487 e. The van der Waals surface area contributed by atoms with Crippen molar-refractivity contribution in [3.05, 3.63) is 36.1 Å². The molecular formula is C11H14F4O. The second-order valence-electron chi connectivity index (χ2n) is 3.10. The van der Waals surface area contributed by atoms with E-state index < -0.39 is 19.0 Å². The van der Waals surface area contributed by atoms with Crippen molar-refractivity contribution in [3.8, 4) is 0 Å². The summed E-state index contributed by atoms with van der Waals surface area (Å²) < 4.78 is 53.5. The van der Waals surface area contributed by atoms with Gasteiger partial charge in [0.2, 0.25) is 0 Å². The molecule has 0 aliphatic carbocycles. The maximum Gasteiger partial charge on any atom is 0.340 e. The van der Waals surface area contributed by atoms with Crippen molar-refractivity contribution in [3.63, 3.8) is 0 Å². The molecule has 0 aliphatic rings. The van der Waals surface area contributed by atoms with Gasteiger partial charge in [-0.25, -0.2) is 8.78 Å². The molecule has 0 aromatic carbocycles. The largest absolute Gasteiger partial charge is 0.487 e. The summed E-state index contributed by atoms with van der Waals surface area (Å²) in [5.74, 6) is -4.04. The fourth-order valence-corrected chi connectivity index (χ4v) is 0.782. The van der Waals surface area contributed by atoms with Gasteiger partial charge in [0.1, 0.15) is 5.76 Å². The quantitative estimate of drug-likeness (QED) is 0.387. The molecule has 0 saturated carbocycles. The van der Waals surface area contributed by atoms with Gasteiger partial charge in [-0.3, -0.25) is 0 Å². The molecule has 0 aromatic rings. The predicted octanol–water partition coefficient (Wildman–Crippen LogP) is 3.94. The van der Waals surface area contributed by atoms with Crippen molar-refractivity contribution < 1.29 is 22.3 Å². The molecule has 16 heavy (non-hydrogen) atoms. The first-order chi connectivity index (χ1) is 7.35. The molecule has 0 atom stereocenters. The maximum atomic E-state index is 12.6. The van der Waals surface area contributed by atoms with Gasteiger partial charge >= 0.3 is 12.3 Å². The minimum absolute atomic E-state index is 0.109. The van der Waals surface area contributed by atoms with Gasteiger partial charge in [0.05, 0.1) is 0 Å². The predicted molar refractivity (Wildman–Crippen MR) is 54.6 cm³/mol. The highest BCUT2D eigenvalue weighted by Gasteiger charge is 2.41. The summed E-state index contributed by atoms with van der Waals surface area (Å²) in [6.45, 7) is 5.33. The molecule has 0 unspecified atom stereocenters. The summed E-state index contributed by atoms with van der Waals surface area (Å²) in [5.41, 5.74) is 0.503. The van der Waals surface area contributed by atoms with Crippen LogP contribution in [0.15, 0.2) is 36.1 Å². The Kier molecular flexibility index (Phi) is 5.85. The highest BCUT2D eigenvalue weighted by Crippen LogP contribution is 2.24. The smallest absolute Gasteiger partial charge is 0.340 e. The summed E-state index contributed by atoms with van der Waals surface area (Å²) in [5, 5.41) is 0. The van der Waals surface area contributed by atoms with Crippen molar-refractivity contribution in [2.45, 2.75) is 26.2 Å². The van der Waals surface area contributed by atoms with E-state index >= 15 is 0 Å². The summed E-state index contributed by atoms with van der Waals surface area (Å²) in [6.07, 6.45) is 0.639. The molecule has 0 amide bonds. The number of ether oxygens (including phenoxy) is 1. The van der Waals surface area contributed by atoms with Gasteiger partial charge in [0.15, 0.2) is 6.61 Å². The maximum absolute atomic E-state index is 12.6. The first-order valence-corrected chi connectivity index (χ1v) is 4.60. The van der Waals surface area contributed by atoms with Crippen LogP contribution in [0.25, 0.3) is 0 Å². The van der Waals surface area contributed by atoms with Crippen LogP contribution < -0.4 is 0 Å². The molecular weight excluding hydrogens is 224 g/mol. The average Bonchev–Trinajstić information content (AvgIpc) is 2.22. The van der Waals surface area contributed by atoms with Crippen LogP contribution in [0, 0.1) is 0 Å². The molecule has 0 heterocycles. The SMILES string of the molecule is C=C/C(C)=C(\C=C/C)OCC(F)(F)C(F)F. The Hall–Kier alpha value is -1.26. The lowest BCUT2D eigenvalue weighted by molar-refractivity contribution is -0.157. The Morgan fingerprint density at radius 2 is 2.00 bits per heavy atom. The molecule has 0 saturated heterocycles. The number of allylic oxidation sites excluding steroid dienone is 4. The van der Waals surface area contributed by atoms with Crippen molar-refractivity contribution in [2.24, 2.45) is 0 Å². The van der Waals surface area contributed by atoms with E-state index in [0.29, 0.717) is 5.57 Å². The highest BCUT2D eigenvalue weighted by molar-refractivity contribution is 5.25. The molecule has 1 nitrogen and oxygen atoms in total. The standard InChI is InChI=1S/C11H14F4O/c1-4-6-9(8(3)5-2)16-7-11(14,15)10(12)13/h4-6,10H,2,7H2,1,3H3/b6-4-,9-8+. The number of hydrogen-bond acceptors (Lipinski definition) is 1. The average molecular weight is 238 g/mol. The molecule has 92 valence electrons. The molecule has 0 radical (unpaired) electrons. The monoisotopic (exact) mass is 238 g/mol. The van der Waals surface area contributed by atoms with Crippen molar-refractivity contribution in [2.75, 3.05) is 6.61 Å². The van der Waals surface area contributed by atoms with Crippen LogP contribution in [0.2, 0.25) is 0 Å². The van der Waals surface area contributed by atoms with E-state index in [9.17, 15) is 17.6 Å². The summed E-state index contributed by atoms with van der Waals surface area (Å²) >= 11 is 0. The molecule has 0 aliphatic heterocycles. The van der Waals surface area contributed by atoms with Crippen molar-refractivity contribution in [1.29, 1.82) is 0 Å². The topological polar surface area (TPSA) is 9.23 Å². The molecule has 5 heteroatoms. The van der Waals surface area contributed by atoms with Gasteiger partial charge in [-0.05, 0) is 25.5 Å². The third-order valence-corrected chi connectivity index (χ3v) is 1.75. The molecule has 0 N–H and O–H groups in total. The van der Waals surface area contributed by atoms with Gasteiger partial charge in [-0.1, -0.05) is 18.7 Å². The zero-order valence-electron chi connectivity index (χ0n) is 9.14. The van der Waals surface area contributed by atoms with Crippen LogP contribution >= 0.6 is 0 Å². The Labute approximate surface area is 92.1 Å². The first-order valence-electron chi connectivity index (χ1n) is 4.60. The third-order valence-electron chi connectivity index (χ3n) is 1.75. The lowest BCUT2D eigenvalue weighted by atomic mass is 10.2. The fourth-order valence-electron chi connectivity index (χ4n) is 0.782. The zero-order valence-corrected chi connectivity index (χ0v) is 9.14. The van der Waals surface area contributed by atoms with E-state index in [1.165, 1.54) is 12.2 Å². The number of alkyl halides is 4. The van der Waals surface area contributed by atoms with Gasteiger partial charge in [-0.2, -0.15) is 8.78 Å². The lowest BCUT2D eigenvalue weighted by Crippen LogP contribution is -2.32. The van der Waals surface area contributed by atoms with Gasteiger partial charge in [0, 0.05) is 0 Å². The highest BCUT2D eigenvalue weighted by atomic mass is 19.3. The number of rotatable bonds is 6. The fraction of sp³-hybridized carbons (Fsp3) is 0.455. The third kappa shape index (κ3) is 4.51. The van der Waals surface area contributed by atoms with E-state index in [4.69, 9.17) is 0 Å². The van der Waals surface area contributed by atoms with Crippen LogP contribution in [0.4, 0.5) is 17.6 Å². The molecule has 0 spiro atoms. The van der Waals surface area contributed by atoms with Crippen molar-refractivity contribution in [1.82, 2.24) is 0 Å². The van der Waals surface area contributed by atoms with E-state index in [0.717, 1.165) is 0 Å². The van der Waals surface area contributed by atoms with Crippen LogP contribution in [0.1, 0.15) is 13.8 Å². The molecule has 0 aromatic heterocycles. The Morgan fingerprint density at radius 3 is 2.38 bits per heavy atom. The molecule has 0 fully saturated rings. The summed E-state index contributed by atoms with van der Waals surface area (Å²) in [4.78, 5) is 0. The molecule has 0 bridgehead atoms.